The van der Waals surface area contributed by atoms with Gasteiger partial charge in [-0.15, -0.1) is 10.2 Å². The summed E-state index contributed by atoms with van der Waals surface area (Å²) >= 11 is 0. The van der Waals surface area contributed by atoms with E-state index in [0.717, 1.165) is 25.0 Å². The van der Waals surface area contributed by atoms with Crippen LogP contribution in [0.4, 0.5) is 24.5 Å². The molecule has 4 rings (SSSR count). The number of nitrogens with zero attached hydrogens (tertiary/aromatic N) is 2. The Labute approximate surface area is 164 Å². The van der Waals surface area contributed by atoms with Crippen LogP contribution in [-0.4, -0.2) is 16.1 Å². The Bertz CT molecular complexity index is 1040. The first-order valence-corrected chi connectivity index (χ1v) is 8.93. The molecule has 1 aliphatic rings. The number of alkyl halides is 3. The number of anilines is 2. The van der Waals surface area contributed by atoms with Gasteiger partial charge < -0.3 is 15.1 Å². The smallest absolute Gasteiger partial charge is 0.416 e. The van der Waals surface area contributed by atoms with E-state index in [9.17, 15) is 18.0 Å². The van der Waals surface area contributed by atoms with E-state index in [0.29, 0.717) is 22.8 Å². The van der Waals surface area contributed by atoms with Gasteiger partial charge in [0.1, 0.15) is 5.54 Å². The fraction of sp³-hybridized carbons (Fsp3) is 0.250. The lowest BCUT2D eigenvalue weighted by atomic mass is 10.1. The van der Waals surface area contributed by atoms with Crippen LogP contribution in [0.25, 0.3) is 11.5 Å². The molecule has 0 aliphatic heterocycles. The Morgan fingerprint density at radius 2 is 1.76 bits per heavy atom. The highest BCUT2D eigenvalue weighted by Gasteiger charge is 2.50. The molecule has 9 heteroatoms. The second-order valence-electron chi connectivity index (χ2n) is 6.92. The second kappa shape index (κ2) is 6.91. The Morgan fingerprint density at radius 1 is 1.07 bits per heavy atom. The molecule has 1 amide bonds. The molecule has 0 saturated heterocycles. The SMILES string of the molecule is CC(=O)NC1(c2nnc(-c3ccccc3Nc3ccc(C(F)(F)F)cc3)o2)CC1. The van der Waals surface area contributed by atoms with Crippen LogP contribution >= 0.6 is 0 Å². The number of para-hydroxylation sites is 1. The van der Waals surface area contributed by atoms with Crippen molar-refractivity contribution in [2.75, 3.05) is 5.32 Å². The maximum atomic E-state index is 12.7. The van der Waals surface area contributed by atoms with Gasteiger partial charge in [-0.3, -0.25) is 4.79 Å². The van der Waals surface area contributed by atoms with Gasteiger partial charge in [-0.2, -0.15) is 13.2 Å². The third-order valence-electron chi connectivity index (χ3n) is 4.65. The highest BCUT2D eigenvalue weighted by atomic mass is 19.4. The highest BCUT2D eigenvalue weighted by molar-refractivity contribution is 5.77. The van der Waals surface area contributed by atoms with Crippen molar-refractivity contribution in [2.24, 2.45) is 0 Å². The first kappa shape index (κ1) is 19.0. The van der Waals surface area contributed by atoms with E-state index in [1.54, 1.807) is 24.3 Å². The maximum Gasteiger partial charge on any atom is 0.416 e. The number of carbonyl (C=O) groups excluding carboxylic acids is 1. The van der Waals surface area contributed by atoms with Crippen LogP contribution in [0.15, 0.2) is 52.9 Å². The zero-order chi connectivity index (χ0) is 20.6. The monoisotopic (exact) mass is 402 g/mol. The molecule has 29 heavy (non-hydrogen) atoms. The fourth-order valence-electron chi connectivity index (χ4n) is 3.06. The van der Waals surface area contributed by atoms with Gasteiger partial charge in [0.05, 0.1) is 16.8 Å². The number of carbonyl (C=O) groups is 1. The summed E-state index contributed by atoms with van der Waals surface area (Å²) in [5, 5.41) is 14.1. The predicted octanol–water partition coefficient (Wildman–Crippen LogP) is 4.62. The van der Waals surface area contributed by atoms with Crippen molar-refractivity contribution in [3.05, 3.63) is 60.0 Å². The van der Waals surface area contributed by atoms with Crippen LogP contribution in [0.5, 0.6) is 0 Å². The molecule has 0 spiro atoms. The van der Waals surface area contributed by atoms with E-state index >= 15 is 0 Å². The zero-order valence-electron chi connectivity index (χ0n) is 15.4. The van der Waals surface area contributed by atoms with E-state index in [-0.39, 0.29) is 11.8 Å². The third kappa shape index (κ3) is 3.94. The lowest BCUT2D eigenvalue weighted by molar-refractivity contribution is -0.137. The molecular weight excluding hydrogens is 385 g/mol. The average molecular weight is 402 g/mol. The molecule has 0 bridgehead atoms. The molecule has 2 N–H and O–H groups in total. The van der Waals surface area contributed by atoms with Gasteiger partial charge in [0.2, 0.25) is 17.7 Å². The van der Waals surface area contributed by atoms with Crippen molar-refractivity contribution in [3.8, 4) is 11.5 Å². The van der Waals surface area contributed by atoms with E-state index in [1.165, 1.54) is 19.1 Å². The summed E-state index contributed by atoms with van der Waals surface area (Å²) in [5.74, 6) is 0.422. The Kier molecular flexibility index (Phi) is 4.52. The molecule has 0 radical (unpaired) electrons. The van der Waals surface area contributed by atoms with Crippen molar-refractivity contribution >= 4 is 17.3 Å². The quantitative estimate of drug-likeness (QED) is 0.651. The normalized spacial score (nSPS) is 15.0. The summed E-state index contributed by atoms with van der Waals surface area (Å²) in [4.78, 5) is 11.4. The molecule has 1 aromatic heterocycles. The van der Waals surface area contributed by atoms with E-state index in [4.69, 9.17) is 4.42 Å². The van der Waals surface area contributed by atoms with Crippen LogP contribution < -0.4 is 10.6 Å². The van der Waals surface area contributed by atoms with Crippen molar-refractivity contribution < 1.29 is 22.4 Å². The van der Waals surface area contributed by atoms with Gasteiger partial charge in [-0.05, 0) is 49.2 Å². The van der Waals surface area contributed by atoms with E-state index in [1.807, 2.05) is 0 Å². The Balaban J connectivity index is 1.59. The third-order valence-corrected chi connectivity index (χ3v) is 4.65. The number of amides is 1. The lowest BCUT2D eigenvalue weighted by Gasteiger charge is -2.12. The summed E-state index contributed by atoms with van der Waals surface area (Å²) in [7, 11) is 0. The molecular formula is C20H17F3N4O2. The predicted molar refractivity (Wildman–Crippen MR) is 99.2 cm³/mol. The van der Waals surface area contributed by atoms with Gasteiger partial charge in [0, 0.05) is 12.6 Å². The molecule has 0 atom stereocenters. The Morgan fingerprint density at radius 3 is 2.38 bits per heavy atom. The van der Waals surface area contributed by atoms with Crippen molar-refractivity contribution in [2.45, 2.75) is 31.5 Å². The minimum Gasteiger partial charge on any atom is -0.418 e. The number of nitrogens with one attached hydrogen (secondary N) is 2. The minimum atomic E-state index is -4.39. The van der Waals surface area contributed by atoms with Crippen LogP contribution in [0.3, 0.4) is 0 Å². The minimum absolute atomic E-state index is 0.174. The lowest BCUT2D eigenvalue weighted by Crippen LogP contribution is -2.33. The van der Waals surface area contributed by atoms with E-state index in [2.05, 4.69) is 20.8 Å². The Hall–Kier alpha value is -3.36. The number of hydrogen-bond donors (Lipinski definition) is 2. The summed E-state index contributed by atoms with van der Waals surface area (Å²) in [5.41, 5.74) is 0.372. The fourth-order valence-corrected chi connectivity index (χ4v) is 3.06. The van der Waals surface area contributed by atoms with Crippen LogP contribution in [-0.2, 0) is 16.5 Å². The summed E-state index contributed by atoms with van der Waals surface area (Å²) in [6.45, 7) is 1.43. The highest BCUT2D eigenvalue weighted by Crippen LogP contribution is 2.45. The molecule has 1 heterocycles. The van der Waals surface area contributed by atoms with Gasteiger partial charge in [-0.25, -0.2) is 0 Å². The molecule has 3 aromatic rings. The molecule has 1 aliphatic carbocycles. The zero-order valence-corrected chi connectivity index (χ0v) is 15.4. The molecule has 6 nitrogen and oxygen atoms in total. The second-order valence-corrected chi connectivity index (χ2v) is 6.92. The first-order valence-electron chi connectivity index (χ1n) is 8.93. The van der Waals surface area contributed by atoms with Crippen LogP contribution in [0.2, 0.25) is 0 Å². The van der Waals surface area contributed by atoms with Crippen molar-refractivity contribution in [1.29, 1.82) is 0 Å². The van der Waals surface area contributed by atoms with Gasteiger partial charge in [0.25, 0.3) is 0 Å². The van der Waals surface area contributed by atoms with Crippen molar-refractivity contribution in [1.82, 2.24) is 15.5 Å². The standard InChI is InChI=1S/C20H17F3N4O2/c1-12(28)25-19(10-11-19)18-27-26-17(29-18)15-4-2-3-5-16(15)24-14-8-6-13(7-9-14)20(21,22)23/h2-9,24H,10-11H2,1H3,(H,25,28). The number of hydrogen-bond acceptors (Lipinski definition) is 5. The van der Waals surface area contributed by atoms with Crippen molar-refractivity contribution in [3.63, 3.8) is 0 Å². The van der Waals surface area contributed by atoms with Crippen LogP contribution in [0, 0.1) is 0 Å². The molecule has 150 valence electrons. The topological polar surface area (TPSA) is 80.0 Å². The van der Waals surface area contributed by atoms with E-state index < -0.39 is 17.3 Å². The van der Waals surface area contributed by atoms with Gasteiger partial charge in [0.15, 0.2) is 0 Å². The van der Waals surface area contributed by atoms with Gasteiger partial charge >= 0.3 is 6.18 Å². The number of benzene rings is 2. The van der Waals surface area contributed by atoms with Gasteiger partial charge in [-0.1, -0.05) is 12.1 Å². The molecule has 0 unspecified atom stereocenters. The summed E-state index contributed by atoms with van der Waals surface area (Å²) < 4.78 is 44.0. The van der Waals surface area contributed by atoms with Crippen LogP contribution in [0.1, 0.15) is 31.2 Å². The first-order chi connectivity index (χ1) is 13.8. The largest absolute Gasteiger partial charge is 0.418 e. The number of rotatable bonds is 5. The molecule has 1 saturated carbocycles. The molecule has 2 aromatic carbocycles. The summed E-state index contributed by atoms with van der Waals surface area (Å²) in [6, 6.07) is 11.8. The number of halogens is 3. The summed E-state index contributed by atoms with van der Waals surface area (Å²) in [6.07, 6.45) is -2.94. The molecule has 1 fully saturated rings. The average Bonchev–Trinajstić information content (AvgIpc) is 3.26. The maximum absolute atomic E-state index is 12.7. The number of aromatic nitrogens is 2.